The Hall–Kier alpha value is -3.82. The number of nitrogens with zero attached hydrogens (tertiary/aromatic N) is 2. The first-order valence-corrected chi connectivity index (χ1v) is 8.99. The number of pyridine rings is 1. The summed E-state index contributed by atoms with van der Waals surface area (Å²) in [5.41, 5.74) is 0.752. The molecule has 1 aliphatic rings. The van der Waals surface area contributed by atoms with Crippen molar-refractivity contribution in [1.29, 1.82) is 0 Å². The van der Waals surface area contributed by atoms with Crippen LogP contribution >= 0.6 is 0 Å². The summed E-state index contributed by atoms with van der Waals surface area (Å²) < 4.78 is 23.7. The maximum atomic E-state index is 13.1. The number of fused-ring (bicyclic) bond motifs is 2. The van der Waals surface area contributed by atoms with Gasteiger partial charge in [-0.3, -0.25) is 4.79 Å². The van der Waals surface area contributed by atoms with Crippen LogP contribution in [0.3, 0.4) is 0 Å². The zero-order valence-electron chi connectivity index (χ0n) is 17.1. The van der Waals surface area contributed by atoms with Gasteiger partial charge in [-0.15, -0.1) is 0 Å². The first-order chi connectivity index (χ1) is 14.3. The number of methoxy groups -OCH3 is 3. The number of cyclic esters (lactones) is 1. The monoisotopic (exact) mass is 414 g/mol. The summed E-state index contributed by atoms with van der Waals surface area (Å²) in [5, 5.41) is 0.173. The molecule has 0 unspecified atom stereocenters. The van der Waals surface area contributed by atoms with Crippen molar-refractivity contribution in [2.45, 2.75) is 6.61 Å². The van der Waals surface area contributed by atoms with Crippen LogP contribution in [0.5, 0.6) is 17.2 Å². The van der Waals surface area contributed by atoms with Crippen LogP contribution in [0.2, 0.25) is 0 Å². The quantitative estimate of drug-likeness (QED) is 0.569. The Labute approximate surface area is 170 Å². The first kappa shape index (κ1) is 19.5. The highest BCUT2D eigenvalue weighted by atomic mass is 16.5. The number of esters is 1. The van der Waals surface area contributed by atoms with E-state index >= 15 is 0 Å². The summed E-state index contributed by atoms with van der Waals surface area (Å²) in [6.45, 7) is 0.00489. The van der Waals surface area contributed by atoms with Crippen LogP contribution in [0.4, 0.5) is 0 Å². The fourth-order valence-corrected chi connectivity index (χ4v) is 3.75. The van der Waals surface area contributed by atoms with Crippen molar-refractivity contribution in [2.75, 3.05) is 21.3 Å². The van der Waals surface area contributed by atoms with Crippen LogP contribution in [-0.4, -0.2) is 36.4 Å². The molecule has 156 valence electrons. The molecule has 10 heteroatoms. The number of nitrogens with one attached hydrogen (secondary N) is 1. The number of hydrogen-bond donors (Lipinski definition) is 0. The molecule has 30 heavy (non-hydrogen) atoms. The topological polar surface area (TPSA) is 112 Å². The van der Waals surface area contributed by atoms with E-state index in [2.05, 4.69) is 4.98 Å². The second-order valence-electron chi connectivity index (χ2n) is 6.77. The maximum Gasteiger partial charge on any atom is 0.417 e. The van der Waals surface area contributed by atoms with Crippen LogP contribution in [0, 0.1) is 0 Å². The number of H-pyrrole nitrogens is 1. The number of aryl methyl sites for hydroxylation is 1. The van der Waals surface area contributed by atoms with Gasteiger partial charge in [0.05, 0.1) is 28.4 Å². The van der Waals surface area contributed by atoms with E-state index in [4.69, 9.17) is 18.9 Å². The lowest BCUT2D eigenvalue weighted by Gasteiger charge is -2.15. The molecule has 1 N–H and O–H groups in total. The van der Waals surface area contributed by atoms with Crippen molar-refractivity contribution in [3.8, 4) is 28.4 Å². The zero-order valence-corrected chi connectivity index (χ0v) is 17.1. The number of rotatable bonds is 4. The Kier molecular flexibility index (Phi) is 4.49. The molecule has 0 aliphatic carbocycles. The van der Waals surface area contributed by atoms with Crippen LogP contribution < -0.4 is 30.4 Å². The van der Waals surface area contributed by atoms with Crippen molar-refractivity contribution in [3.63, 3.8) is 0 Å². The highest BCUT2D eigenvalue weighted by Crippen LogP contribution is 2.43. The van der Waals surface area contributed by atoms with Gasteiger partial charge < -0.3 is 18.9 Å². The molecule has 0 atom stereocenters. The van der Waals surface area contributed by atoms with Crippen LogP contribution in [0.15, 0.2) is 21.7 Å². The minimum atomic E-state index is -0.567. The van der Waals surface area contributed by atoms with Gasteiger partial charge in [-0.2, -0.15) is 4.57 Å². The fourth-order valence-electron chi connectivity index (χ4n) is 3.75. The van der Waals surface area contributed by atoms with Crippen LogP contribution in [-0.2, 0) is 25.4 Å². The molecular weight excluding hydrogens is 394 g/mol. The Morgan fingerprint density at radius 2 is 1.57 bits per heavy atom. The molecule has 0 amide bonds. The van der Waals surface area contributed by atoms with Gasteiger partial charge in [0, 0.05) is 12.6 Å². The van der Waals surface area contributed by atoms with Gasteiger partial charge in [-0.25, -0.2) is 19.1 Å². The van der Waals surface area contributed by atoms with E-state index in [9.17, 15) is 14.4 Å². The minimum absolute atomic E-state index is 0.00489. The number of hydrogen-bond acceptors (Lipinski definition) is 7. The highest BCUT2D eigenvalue weighted by Gasteiger charge is 2.35. The Morgan fingerprint density at radius 3 is 2.13 bits per heavy atom. The van der Waals surface area contributed by atoms with Crippen LogP contribution in [0.25, 0.3) is 22.2 Å². The predicted molar refractivity (Wildman–Crippen MR) is 105 cm³/mol. The van der Waals surface area contributed by atoms with Gasteiger partial charge in [0.1, 0.15) is 10.9 Å². The third kappa shape index (κ3) is 2.56. The molecule has 0 fully saturated rings. The second kappa shape index (κ2) is 6.90. The molecule has 2 aromatic heterocycles. The molecule has 3 aromatic rings. The lowest BCUT2D eigenvalue weighted by Crippen LogP contribution is -2.40. The summed E-state index contributed by atoms with van der Waals surface area (Å²) in [6.07, 6.45) is 0. The molecule has 0 bridgehead atoms. The van der Waals surface area contributed by atoms with Gasteiger partial charge >= 0.3 is 11.7 Å². The standard InChI is InChI=1S/C20H19N3O7/c1-22-17-15(18(24)23(2)20(22)26)13(14-10(21-17)8-30-19(14)25)9-6-11(27-3)16(29-5)12(7-9)28-4/h6-7H,8H2,1-5H3/p+1. The highest BCUT2D eigenvalue weighted by molar-refractivity contribution is 6.07. The Balaban J connectivity index is 2.25. The molecule has 0 saturated carbocycles. The molecule has 1 aliphatic heterocycles. The van der Waals surface area contributed by atoms with Gasteiger partial charge in [-0.05, 0) is 17.7 Å². The van der Waals surface area contributed by atoms with Gasteiger partial charge in [0.2, 0.25) is 5.75 Å². The van der Waals surface area contributed by atoms with E-state index in [1.165, 1.54) is 32.9 Å². The number of benzene rings is 1. The van der Waals surface area contributed by atoms with Crippen molar-refractivity contribution < 1.29 is 28.7 Å². The summed E-state index contributed by atoms with van der Waals surface area (Å²) in [5.74, 6) is 0.516. The molecule has 0 radical (unpaired) electrons. The number of aromatic nitrogens is 3. The largest absolute Gasteiger partial charge is 0.493 e. The number of carbonyl (C=O) groups excluding carboxylic acids is 1. The number of ether oxygens (including phenoxy) is 4. The number of aromatic amines is 1. The molecule has 4 rings (SSSR count). The van der Waals surface area contributed by atoms with Crippen molar-refractivity contribution in [1.82, 2.24) is 9.13 Å². The Morgan fingerprint density at radius 1 is 0.933 bits per heavy atom. The second-order valence-corrected chi connectivity index (χ2v) is 6.77. The molecule has 1 aromatic carbocycles. The summed E-state index contributed by atoms with van der Waals surface area (Å²) in [4.78, 5) is 41.2. The third-order valence-corrected chi connectivity index (χ3v) is 5.24. The van der Waals surface area contributed by atoms with E-state index in [0.717, 1.165) is 4.57 Å². The molecule has 3 heterocycles. The van der Waals surface area contributed by atoms with Crippen LogP contribution in [0.1, 0.15) is 16.1 Å². The minimum Gasteiger partial charge on any atom is -0.493 e. The van der Waals surface area contributed by atoms with Gasteiger partial charge in [-0.1, -0.05) is 0 Å². The lowest BCUT2D eigenvalue weighted by molar-refractivity contribution is -0.365. The fraction of sp³-hybridized carbons (Fsp3) is 0.300. The van der Waals surface area contributed by atoms with Crippen molar-refractivity contribution in [3.05, 3.63) is 44.2 Å². The average Bonchev–Trinajstić information content (AvgIpc) is 3.14. The summed E-state index contributed by atoms with van der Waals surface area (Å²) in [7, 11) is 7.35. The third-order valence-electron chi connectivity index (χ3n) is 5.24. The summed E-state index contributed by atoms with van der Waals surface area (Å²) >= 11 is 0. The molecular formula is C20H20N3O7+. The first-order valence-electron chi connectivity index (χ1n) is 8.99. The SMILES string of the molecule is COc1cc(-c2c3c([nH+]c4c2c(=O)n(C)c(=O)n4C)COC3=O)cc(OC)c1OC. The van der Waals surface area contributed by atoms with E-state index in [0.29, 0.717) is 34.1 Å². The predicted octanol–water partition coefficient (Wildman–Crippen LogP) is 0.414. The number of carbonyl (C=O) groups is 1. The van der Waals surface area contributed by atoms with E-state index in [1.54, 1.807) is 19.2 Å². The van der Waals surface area contributed by atoms with Gasteiger partial charge in [0.25, 0.3) is 11.2 Å². The normalized spacial score (nSPS) is 12.6. The zero-order chi connectivity index (χ0) is 21.7. The Bertz CT molecular complexity index is 1310. The van der Waals surface area contributed by atoms with Gasteiger partial charge in [0.15, 0.2) is 23.8 Å². The van der Waals surface area contributed by atoms with E-state index in [1.807, 2.05) is 0 Å². The van der Waals surface area contributed by atoms with E-state index < -0.39 is 17.2 Å². The summed E-state index contributed by atoms with van der Waals surface area (Å²) in [6, 6.07) is 3.29. The lowest BCUT2D eigenvalue weighted by atomic mass is 9.95. The average molecular weight is 414 g/mol. The van der Waals surface area contributed by atoms with Crippen molar-refractivity contribution in [2.24, 2.45) is 14.1 Å². The van der Waals surface area contributed by atoms with E-state index in [-0.39, 0.29) is 23.2 Å². The molecule has 10 nitrogen and oxygen atoms in total. The van der Waals surface area contributed by atoms with Crippen molar-refractivity contribution >= 4 is 17.0 Å². The smallest absolute Gasteiger partial charge is 0.417 e. The molecule has 0 spiro atoms. The maximum absolute atomic E-state index is 13.1. The molecule has 0 saturated heterocycles.